The Morgan fingerprint density at radius 2 is 2.05 bits per heavy atom. The van der Waals surface area contributed by atoms with Crippen LogP contribution in [0.15, 0.2) is 11.6 Å². The van der Waals surface area contributed by atoms with E-state index in [4.69, 9.17) is 0 Å². The number of aliphatic hydroxyl groups is 1. The second-order valence-corrected chi connectivity index (χ2v) is 8.16. The predicted molar refractivity (Wildman–Crippen MR) is 85.2 cm³/mol. The molecule has 0 aliphatic heterocycles. The molecule has 0 bridgehead atoms. The topological polar surface area (TPSA) is 54.4 Å². The van der Waals surface area contributed by atoms with Gasteiger partial charge in [-0.25, -0.2) is 0 Å². The molecule has 3 heteroatoms. The minimum absolute atomic E-state index is 0.104. The fraction of sp³-hybridized carbons (Fsp3) is 0.789. The van der Waals surface area contributed by atoms with Crippen molar-refractivity contribution in [1.29, 1.82) is 0 Å². The SMILES string of the molecule is CC1CCCC2(C)C1CCC1(C=O)C(O)CC(C=O)=CCC21. The summed E-state index contributed by atoms with van der Waals surface area (Å²) in [5, 5.41) is 10.8. The molecule has 0 radical (unpaired) electrons. The van der Waals surface area contributed by atoms with E-state index in [9.17, 15) is 14.7 Å². The third kappa shape index (κ3) is 2.12. The van der Waals surface area contributed by atoms with E-state index in [-0.39, 0.29) is 11.3 Å². The van der Waals surface area contributed by atoms with Gasteiger partial charge >= 0.3 is 0 Å². The third-order valence-electron chi connectivity index (χ3n) is 7.28. The third-order valence-corrected chi connectivity index (χ3v) is 7.28. The number of rotatable bonds is 2. The normalized spacial score (nSPS) is 48.4. The summed E-state index contributed by atoms with van der Waals surface area (Å²) in [4.78, 5) is 23.3. The Morgan fingerprint density at radius 1 is 1.27 bits per heavy atom. The smallest absolute Gasteiger partial charge is 0.145 e. The second kappa shape index (κ2) is 5.59. The van der Waals surface area contributed by atoms with E-state index < -0.39 is 11.5 Å². The molecule has 0 aromatic heterocycles. The Hall–Kier alpha value is -0.960. The van der Waals surface area contributed by atoms with Crippen LogP contribution in [0.3, 0.4) is 0 Å². The van der Waals surface area contributed by atoms with Gasteiger partial charge in [0.05, 0.1) is 11.5 Å². The van der Waals surface area contributed by atoms with E-state index >= 15 is 0 Å². The van der Waals surface area contributed by atoms with E-state index in [0.29, 0.717) is 23.8 Å². The van der Waals surface area contributed by atoms with Crippen molar-refractivity contribution in [1.82, 2.24) is 0 Å². The van der Waals surface area contributed by atoms with Gasteiger partial charge in [0.25, 0.3) is 0 Å². The van der Waals surface area contributed by atoms with Gasteiger partial charge < -0.3 is 9.90 Å². The van der Waals surface area contributed by atoms with Crippen molar-refractivity contribution in [2.24, 2.45) is 28.6 Å². The van der Waals surface area contributed by atoms with Crippen LogP contribution in [-0.2, 0) is 9.59 Å². The molecule has 2 saturated carbocycles. The number of carbonyl (C=O) groups is 2. The predicted octanol–water partition coefficient (Wildman–Crippen LogP) is 3.30. The number of carbonyl (C=O) groups excluding carboxylic acids is 2. The van der Waals surface area contributed by atoms with Crippen molar-refractivity contribution < 1.29 is 14.7 Å². The van der Waals surface area contributed by atoms with E-state index in [2.05, 4.69) is 13.8 Å². The van der Waals surface area contributed by atoms with Crippen LogP contribution in [-0.4, -0.2) is 23.8 Å². The van der Waals surface area contributed by atoms with Crippen molar-refractivity contribution in [2.45, 2.75) is 64.9 Å². The molecule has 22 heavy (non-hydrogen) atoms. The molecule has 6 atom stereocenters. The fourth-order valence-corrected chi connectivity index (χ4v) is 6.05. The highest BCUT2D eigenvalue weighted by atomic mass is 16.3. The van der Waals surface area contributed by atoms with Crippen LogP contribution in [0.1, 0.15) is 58.8 Å². The van der Waals surface area contributed by atoms with E-state index in [0.717, 1.165) is 38.3 Å². The Balaban J connectivity index is 2.05. The van der Waals surface area contributed by atoms with Crippen molar-refractivity contribution in [3.05, 3.63) is 11.6 Å². The molecule has 0 aromatic carbocycles. The Kier molecular flexibility index (Phi) is 4.05. The summed E-state index contributed by atoms with van der Waals surface area (Å²) in [6, 6.07) is 0. The standard InChI is InChI=1S/C19H28O3/c1-13-4-3-8-18(2)15(13)7-9-19(12-21)16(18)6-5-14(11-20)10-17(19)22/h5,11-13,15-17,22H,3-4,6-10H2,1-2H3. The first-order chi connectivity index (χ1) is 10.5. The van der Waals surface area contributed by atoms with Gasteiger partial charge in [-0.1, -0.05) is 32.8 Å². The summed E-state index contributed by atoms with van der Waals surface area (Å²) in [5.74, 6) is 1.49. The average Bonchev–Trinajstić information content (AvgIpc) is 2.65. The number of fused-ring (bicyclic) bond motifs is 3. The highest BCUT2D eigenvalue weighted by Crippen LogP contribution is 2.63. The summed E-state index contributed by atoms with van der Waals surface area (Å²) in [6.45, 7) is 4.68. The van der Waals surface area contributed by atoms with E-state index in [1.165, 1.54) is 12.8 Å². The number of aliphatic hydroxyl groups excluding tert-OH is 1. The Labute approximate surface area is 133 Å². The lowest BCUT2D eigenvalue weighted by Gasteiger charge is -2.59. The highest BCUT2D eigenvalue weighted by molar-refractivity contribution is 5.74. The summed E-state index contributed by atoms with van der Waals surface area (Å²) in [6.07, 6.45) is 9.65. The van der Waals surface area contributed by atoms with Crippen LogP contribution in [0.2, 0.25) is 0 Å². The summed E-state index contributed by atoms with van der Waals surface area (Å²) >= 11 is 0. The van der Waals surface area contributed by atoms with Crippen LogP contribution < -0.4 is 0 Å². The molecule has 0 heterocycles. The molecule has 3 aliphatic rings. The summed E-state index contributed by atoms with van der Waals surface area (Å²) < 4.78 is 0. The number of aldehydes is 2. The molecule has 122 valence electrons. The van der Waals surface area contributed by atoms with Gasteiger partial charge in [-0.05, 0) is 54.4 Å². The maximum Gasteiger partial charge on any atom is 0.145 e. The molecule has 1 N–H and O–H groups in total. The van der Waals surface area contributed by atoms with Crippen LogP contribution >= 0.6 is 0 Å². The van der Waals surface area contributed by atoms with Crippen molar-refractivity contribution in [2.75, 3.05) is 0 Å². The van der Waals surface area contributed by atoms with Gasteiger partial charge in [-0.3, -0.25) is 4.79 Å². The highest BCUT2D eigenvalue weighted by Gasteiger charge is 2.59. The van der Waals surface area contributed by atoms with Gasteiger partial charge in [0.2, 0.25) is 0 Å². The first-order valence-electron chi connectivity index (χ1n) is 8.76. The first-order valence-corrected chi connectivity index (χ1v) is 8.76. The molecule has 2 fully saturated rings. The minimum Gasteiger partial charge on any atom is -0.392 e. The lowest BCUT2D eigenvalue weighted by Crippen LogP contribution is -2.57. The van der Waals surface area contributed by atoms with Crippen molar-refractivity contribution in [3.63, 3.8) is 0 Å². The summed E-state index contributed by atoms with van der Waals surface area (Å²) in [5.41, 5.74) is 0.100. The molecule has 0 saturated heterocycles. The molecule has 0 amide bonds. The number of hydrogen-bond donors (Lipinski definition) is 1. The molecule has 3 nitrogen and oxygen atoms in total. The van der Waals surface area contributed by atoms with E-state index in [1.54, 1.807) is 0 Å². The number of hydrogen-bond acceptors (Lipinski definition) is 3. The Morgan fingerprint density at radius 3 is 2.73 bits per heavy atom. The zero-order valence-electron chi connectivity index (χ0n) is 13.8. The van der Waals surface area contributed by atoms with Crippen molar-refractivity contribution in [3.8, 4) is 0 Å². The van der Waals surface area contributed by atoms with Gasteiger partial charge in [0.1, 0.15) is 12.6 Å². The van der Waals surface area contributed by atoms with Crippen LogP contribution in [0, 0.1) is 28.6 Å². The van der Waals surface area contributed by atoms with Gasteiger partial charge in [0, 0.05) is 6.42 Å². The molecule has 0 aromatic rings. The second-order valence-electron chi connectivity index (χ2n) is 8.16. The molecule has 6 unspecified atom stereocenters. The van der Waals surface area contributed by atoms with Crippen LogP contribution in [0.5, 0.6) is 0 Å². The largest absolute Gasteiger partial charge is 0.392 e. The fourth-order valence-electron chi connectivity index (χ4n) is 6.05. The average molecular weight is 304 g/mol. The first kappa shape index (κ1) is 15.9. The van der Waals surface area contributed by atoms with Gasteiger partial charge in [-0.2, -0.15) is 0 Å². The van der Waals surface area contributed by atoms with Crippen LogP contribution in [0.25, 0.3) is 0 Å². The monoisotopic (exact) mass is 304 g/mol. The zero-order chi connectivity index (χ0) is 16.0. The molecular formula is C19H28O3. The quantitative estimate of drug-likeness (QED) is 0.796. The lowest BCUT2D eigenvalue weighted by molar-refractivity contribution is -0.160. The lowest BCUT2D eigenvalue weighted by atomic mass is 9.45. The molecular weight excluding hydrogens is 276 g/mol. The minimum atomic E-state index is -0.719. The van der Waals surface area contributed by atoms with Gasteiger partial charge in [0.15, 0.2) is 0 Å². The van der Waals surface area contributed by atoms with Crippen molar-refractivity contribution >= 4 is 12.6 Å². The molecule has 3 aliphatic carbocycles. The maximum atomic E-state index is 12.1. The summed E-state index contributed by atoms with van der Waals surface area (Å²) in [7, 11) is 0. The zero-order valence-corrected chi connectivity index (χ0v) is 13.8. The maximum absolute atomic E-state index is 12.1. The van der Waals surface area contributed by atoms with Gasteiger partial charge in [-0.15, -0.1) is 0 Å². The van der Waals surface area contributed by atoms with Crippen LogP contribution in [0.4, 0.5) is 0 Å². The molecule has 3 rings (SSSR count). The number of allylic oxidation sites excluding steroid dienone is 1. The van der Waals surface area contributed by atoms with E-state index in [1.807, 2.05) is 6.08 Å². The molecule has 0 spiro atoms. The Bertz CT molecular complexity index is 497.